The fourth-order valence-corrected chi connectivity index (χ4v) is 4.56. The van der Waals surface area contributed by atoms with Crippen molar-refractivity contribution in [2.75, 3.05) is 51.8 Å². The largest absolute Gasteiger partial charge is 0.495 e. The highest BCUT2D eigenvalue weighted by atomic mass is 16.5. The number of aryl methyl sites for hydroxylation is 2. The van der Waals surface area contributed by atoms with E-state index in [9.17, 15) is 0 Å². The minimum atomic E-state index is 0.890. The molecule has 2 aromatic rings. The summed E-state index contributed by atoms with van der Waals surface area (Å²) in [4.78, 5) is 9.25. The number of hydrogen-bond donors (Lipinski definition) is 1. The summed E-state index contributed by atoms with van der Waals surface area (Å²) >= 11 is 0. The van der Waals surface area contributed by atoms with Gasteiger partial charge in [-0.2, -0.15) is 0 Å². The smallest absolute Gasteiger partial charge is 0.193 e. The second-order valence-corrected chi connectivity index (χ2v) is 8.22. The molecule has 0 spiro atoms. The Morgan fingerprint density at radius 3 is 2.71 bits per heavy atom. The Kier molecular flexibility index (Phi) is 7.27. The van der Waals surface area contributed by atoms with Crippen molar-refractivity contribution in [1.29, 1.82) is 0 Å². The summed E-state index contributed by atoms with van der Waals surface area (Å²) in [7, 11) is 3.60. The second kappa shape index (κ2) is 10.5. The van der Waals surface area contributed by atoms with Crippen LogP contribution >= 0.6 is 0 Å². The summed E-state index contributed by atoms with van der Waals surface area (Å²) in [6.07, 6.45) is 6.82. The van der Waals surface area contributed by atoms with Gasteiger partial charge in [-0.1, -0.05) is 18.6 Å². The Morgan fingerprint density at radius 1 is 1.06 bits per heavy atom. The SMILES string of the molecule is CN=C(NCCCc1nnc2n1CCCCC2)N1CCN(c2ccccc2OC)CC1. The third-order valence-electron chi connectivity index (χ3n) is 6.26. The first-order chi connectivity index (χ1) is 15.3. The molecule has 4 rings (SSSR count). The zero-order valence-corrected chi connectivity index (χ0v) is 18.9. The number of nitrogens with one attached hydrogen (secondary N) is 1. The topological polar surface area (TPSA) is 70.8 Å². The Morgan fingerprint density at radius 2 is 1.90 bits per heavy atom. The molecule has 0 saturated carbocycles. The lowest BCUT2D eigenvalue weighted by molar-refractivity contribution is 0.367. The number of hydrogen-bond acceptors (Lipinski definition) is 5. The Bertz CT molecular complexity index is 871. The summed E-state index contributed by atoms with van der Waals surface area (Å²) < 4.78 is 7.88. The summed E-state index contributed by atoms with van der Waals surface area (Å²) in [6, 6.07) is 8.24. The molecule has 8 heteroatoms. The molecule has 2 aliphatic heterocycles. The summed E-state index contributed by atoms with van der Waals surface area (Å²) in [6.45, 7) is 5.75. The Balaban J connectivity index is 1.24. The van der Waals surface area contributed by atoms with Gasteiger partial charge in [-0.05, 0) is 31.4 Å². The predicted octanol–water partition coefficient (Wildman–Crippen LogP) is 2.34. The van der Waals surface area contributed by atoms with E-state index < -0.39 is 0 Å². The zero-order chi connectivity index (χ0) is 21.5. The third kappa shape index (κ3) is 5.11. The first-order valence-corrected chi connectivity index (χ1v) is 11.5. The summed E-state index contributed by atoms with van der Waals surface area (Å²) in [5, 5.41) is 12.4. The number of fused-ring (bicyclic) bond motifs is 1. The maximum absolute atomic E-state index is 5.53. The highest BCUT2D eigenvalue weighted by Gasteiger charge is 2.21. The van der Waals surface area contributed by atoms with Crippen LogP contribution in [0.3, 0.4) is 0 Å². The van der Waals surface area contributed by atoms with Gasteiger partial charge in [0.1, 0.15) is 17.4 Å². The van der Waals surface area contributed by atoms with Crippen LogP contribution in [0.2, 0.25) is 0 Å². The van der Waals surface area contributed by atoms with Gasteiger partial charge in [0.25, 0.3) is 0 Å². The molecular formula is C23H35N7O. The molecule has 1 saturated heterocycles. The van der Waals surface area contributed by atoms with Gasteiger partial charge < -0.3 is 24.4 Å². The van der Waals surface area contributed by atoms with Crippen molar-refractivity contribution < 1.29 is 4.74 Å². The quantitative estimate of drug-likeness (QED) is 0.435. The zero-order valence-electron chi connectivity index (χ0n) is 18.9. The summed E-state index contributed by atoms with van der Waals surface area (Å²) in [5.74, 6) is 4.23. The van der Waals surface area contributed by atoms with Crippen LogP contribution in [-0.4, -0.2) is 72.5 Å². The standard InChI is InChI=1S/C23H35N7O/c1-24-23(25-13-8-12-22-27-26-21-11-4-3-7-14-30(21)22)29-17-15-28(16-18-29)19-9-5-6-10-20(19)31-2/h5-6,9-10H,3-4,7-8,11-18H2,1-2H3,(H,24,25). The maximum atomic E-state index is 5.53. The number of benzene rings is 1. The van der Waals surface area contributed by atoms with Gasteiger partial charge in [0.2, 0.25) is 0 Å². The number of nitrogens with zero attached hydrogens (tertiary/aromatic N) is 6. The normalized spacial score (nSPS) is 17.3. The number of para-hydroxylation sites is 2. The molecule has 0 atom stereocenters. The first kappa shape index (κ1) is 21.5. The lowest BCUT2D eigenvalue weighted by Crippen LogP contribution is -2.52. The first-order valence-electron chi connectivity index (χ1n) is 11.5. The average molecular weight is 426 g/mol. The van der Waals surface area contributed by atoms with Gasteiger partial charge >= 0.3 is 0 Å². The van der Waals surface area contributed by atoms with Gasteiger partial charge in [-0.3, -0.25) is 4.99 Å². The summed E-state index contributed by atoms with van der Waals surface area (Å²) in [5.41, 5.74) is 1.17. The van der Waals surface area contributed by atoms with E-state index in [0.717, 1.165) is 76.1 Å². The van der Waals surface area contributed by atoms with E-state index in [0.29, 0.717) is 0 Å². The van der Waals surface area contributed by atoms with Crippen molar-refractivity contribution in [2.45, 2.75) is 45.1 Å². The van der Waals surface area contributed by atoms with Crippen molar-refractivity contribution in [1.82, 2.24) is 25.0 Å². The second-order valence-electron chi connectivity index (χ2n) is 8.22. The predicted molar refractivity (Wildman–Crippen MR) is 124 cm³/mol. The fraction of sp³-hybridized carbons (Fsp3) is 0.609. The number of guanidine groups is 1. The van der Waals surface area contributed by atoms with E-state index in [1.54, 1.807) is 7.11 Å². The molecule has 0 radical (unpaired) electrons. The lowest BCUT2D eigenvalue weighted by atomic mass is 10.2. The molecule has 0 aliphatic carbocycles. The van der Waals surface area contributed by atoms with Crippen molar-refractivity contribution in [3.8, 4) is 5.75 Å². The van der Waals surface area contributed by atoms with Crippen LogP contribution < -0.4 is 15.0 Å². The monoisotopic (exact) mass is 425 g/mol. The van der Waals surface area contributed by atoms with Crippen LogP contribution in [0, 0.1) is 0 Å². The number of rotatable bonds is 6. The van der Waals surface area contributed by atoms with Crippen molar-refractivity contribution in [3.63, 3.8) is 0 Å². The van der Waals surface area contributed by atoms with Crippen LogP contribution in [-0.2, 0) is 19.4 Å². The molecule has 0 bridgehead atoms. The molecule has 3 heterocycles. The molecule has 1 N–H and O–H groups in total. The van der Waals surface area contributed by atoms with Gasteiger partial charge in [0, 0.05) is 59.2 Å². The molecular weight excluding hydrogens is 390 g/mol. The maximum Gasteiger partial charge on any atom is 0.193 e. The average Bonchev–Trinajstić information content (AvgIpc) is 3.05. The van der Waals surface area contributed by atoms with Crippen LogP contribution in [0.4, 0.5) is 5.69 Å². The molecule has 1 aromatic carbocycles. The number of methoxy groups -OCH3 is 1. The number of piperazine rings is 1. The lowest BCUT2D eigenvalue weighted by Gasteiger charge is -2.38. The van der Waals surface area contributed by atoms with Crippen molar-refractivity contribution >= 4 is 11.6 Å². The van der Waals surface area contributed by atoms with Crippen LogP contribution in [0.15, 0.2) is 29.3 Å². The molecule has 0 unspecified atom stereocenters. The fourth-order valence-electron chi connectivity index (χ4n) is 4.56. The molecule has 0 amide bonds. The van der Waals surface area contributed by atoms with Crippen LogP contribution in [0.5, 0.6) is 5.75 Å². The van der Waals surface area contributed by atoms with Crippen LogP contribution in [0.1, 0.15) is 37.3 Å². The molecule has 31 heavy (non-hydrogen) atoms. The van der Waals surface area contributed by atoms with E-state index in [2.05, 4.69) is 47.0 Å². The number of ether oxygens (including phenoxy) is 1. The molecule has 1 aromatic heterocycles. The highest BCUT2D eigenvalue weighted by Crippen LogP contribution is 2.28. The Labute approximate surface area is 185 Å². The number of aliphatic imine (C=N–C) groups is 1. The van der Waals surface area contributed by atoms with E-state index >= 15 is 0 Å². The van der Waals surface area contributed by atoms with Crippen molar-refractivity contribution in [3.05, 3.63) is 35.9 Å². The van der Waals surface area contributed by atoms with E-state index in [1.165, 1.54) is 30.8 Å². The van der Waals surface area contributed by atoms with Crippen LogP contribution in [0.25, 0.3) is 0 Å². The number of anilines is 1. The van der Waals surface area contributed by atoms with Gasteiger partial charge in [-0.25, -0.2) is 0 Å². The Hall–Kier alpha value is -2.77. The van der Waals surface area contributed by atoms with E-state index in [1.807, 2.05) is 19.2 Å². The highest BCUT2D eigenvalue weighted by molar-refractivity contribution is 5.80. The van der Waals surface area contributed by atoms with Gasteiger partial charge in [0.05, 0.1) is 12.8 Å². The van der Waals surface area contributed by atoms with E-state index in [4.69, 9.17) is 4.74 Å². The van der Waals surface area contributed by atoms with Crippen molar-refractivity contribution in [2.24, 2.45) is 4.99 Å². The molecule has 168 valence electrons. The third-order valence-corrected chi connectivity index (χ3v) is 6.26. The minimum absolute atomic E-state index is 0.890. The van der Waals surface area contributed by atoms with E-state index in [-0.39, 0.29) is 0 Å². The number of aromatic nitrogens is 3. The molecule has 8 nitrogen and oxygen atoms in total. The molecule has 2 aliphatic rings. The van der Waals surface area contributed by atoms with Gasteiger partial charge in [-0.15, -0.1) is 10.2 Å². The minimum Gasteiger partial charge on any atom is -0.495 e. The molecule has 1 fully saturated rings. The van der Waals surface area contributed by atoms with Gasteiger partial charge in [0.15, 0.2) is 5.96 Å².